The lowest BCUT2D eigenvalue weighted by Gasteiger charge is -2.22. The van der Waals surface area contributed by atoms with Crippen LogP contribution < -0.4 is 10.1 Å². The maximum absolute atomic E-state index is 12.2. The van der Waals surface area contributed by atoms with E-state index in [1.54, 1.807) is 42.6 Å². The van der Waals surface area contributed by atoms with Gasteiger partial charge in [-0.05, 0) is 31.0 Å². The molecular weight excluding hydrogens is 497 g/mol. The van der Waals surface area contributed by atoms with Gasteiger partial charge < -0.3 is 15.0 Å². The molecule has 0 saturated heterocycles. The number of ether oxygens (including phenoxy) is 1. The predicted octanol–water partition coefficient (Wildman–Crippen LogP) is 4.48. The fourth-order valence-electron chi connectivity index (χ4n) is 2.71. The lowest BCUT2D eigenvalue weighted by Crippen LogP contribution is -2.39. The van der Waals surface area contributed by atoms with Gasteiger partial charge in [0.2, 0.25) is 0 Å². The van der Waals surface area contributed by atoms with E-state index in [-0.39, 0.29) is 29.7 Å². The number of hydrogen-bond acceptors (Lipinski definition) is 4. The molecule has 0 aliphatic heterocycles. The van der Waals surface area contributed by atoms with Crippen molar-refractivity contribution in [1.29, 1.82) is 0 Å². The Balaban J connectivity index is 0.00000392. The normalized spacial score (nSPS) is 11.3. The van der Waals surface area contributed by atoms with Crippen LogP contribution in [0.2, 0.25) is 0 Å². The van der Waals surface area contributed by atoms with E-state index in [4.69, 9.17) is 0 Å². The van der Waals surface area contributed by atoms with Crippen LogP contribution in [0.1, 0.15) is 28.1 Å². The topological polar surface area (TPSA) is 49.8 Å². The minimum absolute atomic E-state index is 0. The van der Waals surface area contributed by atoms with E-state index in [1.165, 1.54) is 10.6 Å². The minimum Gasteiger partial charge on any atom is -0.435 e. The Kier molecular flexibility index (Phi) is 10.7. The summed E-state index contributed by atoms with van der Waals surface area (Å²) in [4.78, 5) is 12.2. The molecule has 0 radical (unpaired) electrons. The van der Waals surface area contributed by atoms with Gasteiger partial charge in [0.05, 0.1) is 10.7 Å². The predicted molar refractivity (Wildman–Crippen MR) is 121 cm³/mol. The van der Waals surface area contributed by atoms with Crippen LogP contribution in [0, 0.1) is 6.92 Å². The van der Waals surface area contributed by atoms with Crippen molar-refractivity contribution in [3.63, 3.8) is 0 Å². The monoisotopic (exact) mass is 524 g/mol. The molecule has 0 bridgehead atoms. The molecule has 0 amide bonds. The molecule has 9 heteroatoms. The number of aryl methyl sites for hydroxylation is 2. The number of guanidine groups is 1. The Morgan fingerprint density at radius 1 is 1.32 bits per heavy atom. The Labute approximate surface area is 186 Å². The highest BCUT2D eigenvalue weighted by molar-refractivity contribution is 14.0. The van der Waals surface area contributed by atoms with Gasteiger partial charge >= 0.3 is 6.61 Å². The van der Waals surface area contributed by atoms with Crippen LogP contribution in [0.25, 0.3) is 0 Å². The standard InChI is InChI=1S/C19H26F2N4OS.HI/c1-5-16-13(2)27-17(24-16)10-11-23-19(22-3)25(4)12-14-6-8-15(9-7-14)26-18(20)21;/h6-9,18H,5,10-12H2,1-4H3,(H,22,23);1H. The summed E-state index contributed by atoms with van der Waals surface area (Å²) in [5.41, 5.74) is 2.15. The lowest BCUT2D eigenvalue weighted by molar-refractivity contribution is -0.0498. The average molecular weight is 524 g/mol. The molecule has 1 aromatic heterocycles. The zero-order valence-electron chi connectivity index (χ0n) is 16.5. The number of halogens is 3. The highest BCUT2D eigenvalue weighted by Gasteiger charge is 2.10. The summed E-state index contributed by atoms with van der Waals surface area (Å²) in [5, 5.41) is 4.47. The SMILES string of the molecule is CCc1nc(CCNC(=NC)N(C)Cc2ccc(OC(F)F)cc2)sc1C.I. The maximum atomic E-state index is 12.2. The molecule has 1 heterocycles. The van der Waals surface area contributed by atoms with Gasteiger partial charge in [0, 0.05) is 38.5 Å². The fraction of sp³-hybridized carbons (Fsp3) is 0.474. The quantitative estimate of drug-likeness (QED) is 0.314. The second kappa shape index (κ2) is 12.2. The van der Waals surface area contributed by atoms with Gasteiger partial charge in [0.1, 0.15) is 5.75 Å². The number of nitrogens with one attached hydrogen (secondary N) is 1. The molecular formula is C19H27F2IN4OS. The Hall–Kier alpha value is -1.49. The zero-order chi connectivity index (χ0) is 19.8. The Bertz CT molecular complexity index is 753. The van der Waals surface area contributed by atoms with Crippen molar-refractivity contribution in [2.24, 2.45) is 4.99 Å². The second-order valence-corrected chi connectivity index (χ2v) is 7.35. The van der Waals surface area contributed by atoms with E-state index >= 15 is 0 Å². The van der Waals surface area contributed by atoms with E-state index in [1.807, 2.05) is 11.9 Å². The molecule has 0 unspecified atom stereocenters. The number of aliphatic imine (C=N–C) groups is 1. The fourth-order valence-corrected chi connectivity index (χ4v) is 3.73. The van der Waals surface area contributed by atoms with Crippen molar-refractivity contribution in [2.45, 2.75) is 39.8 Å². The van der Waals surface area contributed by atoms with E-state index in [9.17, 15) is 8.78 Å². The molecule has 0 fully saturated rings. The van der Waals surface area contributed by atoms with Crippen LogP contribution in [-0.4, -0.2) is 43.1 Å². The summed E-state index contributed by atoms with van der Waals surface area (Å²) in [5.74, 6) is 0.927. The first-order valence-electron chi connectivity index (χ1n) is 8.83. The van der Waals surface area contributed by atoms with Gasteiger partial charge in [-0.1, -0.05) is 19.1 Å². The number of benzene rings is 1. The van der Waals surface area contributed by atoms with Gasteiger partial charge in [-0.15, -0.1) is 35.3 Å². The first-order chi connectivity index (χ1) is 12.9. The summed E-state index contributed by atoms with van der Waals surface area (Å²) in [7, 11) is 3.67. The van der Waals surface area contributed by atoms with E-state index in [0.717, 1.165) is 35.9 Å². The summed E-state index contributed by atoms with van der Waals surface area (Å²) >= 11 is 1.74. The molecule has 0 spiro atoms. The highest BCUT2D eigenvalue weighted by atomic mass is 127. The third-order valence-electron chi connectivity index (χ3n) is 4.04. The van der Waals surface area contributed by atoms with Crippen LogP contribution in [0.3, 0.4) is 0 Å². The van der Waals surface area contributed by atoms with Gasteiger partial charge in [0.15, 0.2) is 5.96 Å². The first-order valence-corrected chi connectivity index (χ1v) is 9.65. The van der Waals surface area contributed by atoms with Crippen LogP contribution in [0.4, 0.5) is 8.78 Å². The van der Waals surface area contributed by atoms with E-state index in [2.05, 4.69) is 33.9 Å². The van der Waals surface area contributed by atoms with Crippen molar-refractivity contribution >= 4 is 41.3 Å². The molecule has 0 aliphatic carbocycles. The van der Waals surface area contributed by atoms with E-state index in [0.29, 0.717) is 6.54 Å². The summed E-state index contributed by atoms with van der Waals surface area (Å²) in [6.45, 7) is 2.76. The number of alkyl halides is 2. The lowest BCUT2D eigenvalue weighted by atomic mass is 10.2. The summed E-state index contributed by atoms with van der Waals surface area (Å²) in [6, 6.07) is 6.63. The minimum atomic E-state index is -2.81. The van der Waals surface area contributed by atoms with Crippen LogP contribution in [0.15, 0.2) is 29.3 Å². The van der Waals surface area contributed by atoms with Gasteiger partial charge in [-0.25, -0.2) is 4.98 Å². The summed E-state index contributed by atoms with van der Waals surface area (Å²) in [6.07, 6.45) is 1.80. The highest BCUT2D eigenvalue weighted by Crippen LogP contribution is 2.18. The van der Waals surface area contributed by atoms with Crippen molar-refractivity contribution in [2.75, 3.05) is 20.6 Å². The van der Waals surface area contributed by atoms with Gasteiger partial charge in [0.25, 0.3) is 0 Å². The molecule has 0 saturated carbocycles. The zero-order valence-corrected chi connectivity index (χ0v) is 19.7. The number of nitrogens with zero attached hydrogens (tertiary/aromatic N) is 3. The smallest absolute Gasteiger partial charge is 0.387 e. The van der Waals surface area contributed by atoms with Crippen LogP contribution in [-0.2, 0) is 19.4 Å². The first kappa shape index (κ1) is 24.5. The third kappa shape index (κ3) is 7.50. The largest absolute Gasteiger partial charge is 0.435 e. The number of hydrogen-bond donors (Lipinski definition) is 1. The number of rotatable bonds is 8. The Morgan fingerprint density at radius 2 is 2.00 bits per heavy atom. The van der Waals surface area contributed by atoms with Crippen LogP contribution in [0.5, 0.6) is 5.75 Å². The molecule has 1 aromatic carbocycles. The number of aromatic nitrogens is 1. The molecule has 2 aromatic rings. The molecule has 2 rings (SSSR count). The molecule has 28 heavy (non-hydrogen) atoms. The molecule has 156 valence electrons. The van der Waals surface area contributed by atoms with Crippen molar-refractivity contribution in [3.05, 3.63) is 45.4 Å². The summed E-state index contributed by atoms with van der Waals surface area (Å²) < 4.78 is 28.8. The second-order valence-electron chi connectivity index (χ2n) is 6.07. The molecule has 0 atom stereocenters. The molecule has 1 N–H and O–H groups in total. The molecule has 5 nitrogen and oxygen atoms in total. The average Bonchev–Trinajstić information content (AvgIpc) is 2.99. The molecule has 0 aliphatic rings. The van der Waals surface area contributed by atoms with E-state index < -0.39 is 6.61 Å². The number of thiazole rings is 1. The third-order valence-corrected chi connectivity index (χ3v) is 5.11. The van der Waals surface area contributed by atoms with Crippen LogP contribution >= 0.6 is 35.3 Å². The Morgan fingerprint density at radius 3 is 2.54 bits per heavy atom. The van der Waals surface area contributed by atoms with Gasteiger partial charge in [-0.3, -0.25) is 4.99 Å². The van der Waals surface area contributed by atoms with Crippen molar-refractivity contribution in [3.8, 4) is 5.75 Å². The van der Waals surface area contributed by atoms with Gasteiger partial charge in [-0.2, -0.15) is 8.78 Å². The van der Waals surface area contributed by atoms with Crippen molar-refractivity contribution in [1.82, 2.24) is 15.2 Å². The maximum Gasteiger partial charge on any atom is 0.387 e. The van der Waals surface area contributed by atoms with Crippen molar-refractivity contribution < 1.29 is 13.5 Å².